The zero-order valence-corrected chi connectivity index (χ0v) is 15.1. The minimum Gasteiger partial charge on any atom is -0.481 e. The normalized spacial score (nSPS) is 21.6. The second kappa shape index (κ2) is 8.52. The van der Waals surface area contributed by atoms with Crippen LogP contribution in [0.3, 0.4) is 0 Å². The fourth-order valence-corrected chi connectivity index (χ4v) is 2.93. The maximum Gasteiger partial charge on any atom is 0.329 e. The minimum absolute atomic E-state index is 0.00262. The molecule has 0 saturated carbocycles. The third-order valence-corrected chi connectivity index (χ3v) is 4.33. The van der Waals surface area contributed by atoms with Crippen LogP contribution in [0.2, 0.25) is 0 Å². The number of Topliss-reactive ketones (excluding diaryl/α,β-unsaturated/α-hetero) is 1. The lowest BCUT2D eigenvalue weighted by atomic mass is 10.2. The number of hydroxylamine groups is 1. The predicted molar refractivity (Wildman–Crippen MR) is 95.8 cm³/mol. The van der Waals surface area contributed by atoms with E-state index >= 15 is 0 Å². The summed E-state index contributed by atoms with van der Waals surface area (Å²) in [6.07, 6.45) is -3.08. The Hall–Kier alpha value is -3.07. The number of nitrogens with zero attached hydrogens (tertiary/aromatic N) is 2. The highest BCUT2D eigenvalue weighted by Gasteiger charge is 2.37. The van der Waals surface area contributed by atoms with Crippen molar-refractivity contribution in [1.29, 1.82) is 0 Å². The number of fused-ring (bicyclic) bond motifs is 1. The molecule has 3 heterocycles. The van der Waals surface area contributed by atoms with E-state index in [1.54, 1.807) is 0 Å². The maximum absolute atomic E-state index is 12.2. The summed E-state index contributed by atoms with van der Waals surface area (Å²) >= 11 is 0. The van der Waals surface area contributed by atoms with Crippen molar-refractivity contribution < 1.29 is 29.4 Å². The summed E-state index contributed by atoms with van der Waals surface area (Å²) in [5.74, 6) is -1.60. The summed E-state index contributed by atoms with van der Waals surface area (Å²) in [5.41, 5.74) is 6.57. The Kier molecular flexibility index (Phi) is 6.07. The van der Waals surface area contributed by atoms with Crippen LogP contribution in [-0.4, -0.2) is 66.8 Å². The SMILES string of the molecule is Nc1nc2c([nH]c(=O)n2[C@H]2C[C@H](O)[C@@H](CONCC(=O)CCC(=O)O)O2)c(=O)[nH]1. The Morgan fingerprint density at radius 2 is 2.10 bits per heavy atom. The summed E-state index contributed by atoms with van der Waals surface area (Å²) in [4.78, 5) is 59.7. The van der Waals surface area contributed by atoms with Crippen LogP contribution in [0.4, 0.5) is 5.95 Å². The number of nitrogens with two attached hydrogens (primary N) is 1. The monoisotopic (exact) mass is 412 g/mol. The number of nitrogen functional groups attached to an aromatic ring is 1. The number of carbonyl (C=O) groups is 2. The molecule has 29 heavy (non-hydrogen) atoms. The van der Waals surface area contributed by atoms with Gasteiger partial charge in [-0.1, -0.05) is 0 Å². The second-order valence-corrected chi connectivity index (χ2v) is 6.45. The van der Waals surface area contributed by atoms with Crippen LogP contribution in [0.15, 0.2) is 9.59 Å². The molecule has 1 aliphatic heterocycles. The smallest absolute Gasteiger partial charge is 0.329 e. The van der Waals surface area contributed by atoms with Crippen molar-refractivity contribution >= 4 is 28.9 Å². The van der Waals surface area contributed by atoms with Crippen molar-refractivity contribution in [1.82, 2.24) is 25.0 Å². The van der Waals surface area contributed by atoms with Crippen LogP contribution in [-0.2, 0) is 19.2 Å². The summed E-state index contributed by atoms with van der Waals surface area (Å²) in [6.45, 7) is -0.343. The fourth-order valence-electron chi connectivity index (χ4n) is 2.93. The van der Waals surface area contributed by atoms with Gasteiger partial charge in [0.1, 0.15) is 18.1 Å². The zero-order chi connectivity index (χ0) is 21.1. The molecule has 0 bridgehead atoms. The van der Waals surface area contributed by atoms with Gasteiger partial charge < -0.3 is 20.7 Å². The minimum atomic E-state index is -1.07. The first kappa shape index (κ1) is 20.7. The lowest BCUT2D eigenvalue weighted by Crippen LogP contribution is -2.32. The molecule has 0 spiro atoms. The average molecular weight is 412 g/mol. The molecule has 14 heteroatoms. The van der Waals surface area contributed by atoms with Crippen LogP contribution >= 0.6 is 0 Å². The quantitative estimate of drug-likeness (QED) is 0.188. The Balaban J connectivity index is 1.59. The van der Waals surface area contributed by atoms with Gasteiger partial charge in [0.25, 0.3) is 5.56 Å². The molecule has 1 aliphatic rings. The first-order chi connectivity index (χ1) is 13.8. The molecule has 1 saturated heterocycles. The van der Waals surface area contributed by atoms with E-state index in [4.69, 9.17) is 20.4 Å². The number of anilines is 1. The Labute approximate surface area is 161 Å². The number of carboxylic acids is 1. The van der Waals surface area contributed by atoms with Gasteiger partial charge in [-0.05, 0) is 0 Å². The van der Waals surface area contributed by atoms with Crippen LogP contribution in [0, 0.1) is 0 Å². The maximum atomic E-state index is 12.2. The molecule has 0 radical (unpaired) electrons. The van der Waals surface area contributed by atoms with E-state index in [1.807, 2.05) is 0 Å². The molecule has 0 aromatic carbocycles. The molecule has 0 unspecified atom stereocenters. The summed E-state index contributed by atoms with van der Waals surface area (Å²) in [7, 11) is 0. The number of ketones is 1. The van der Waals surface area contributed by atoms with Gasteiger partial charge in [0, 0.05) is 12.8 Å². The second-order valence-electron chi connectivity index (χ2n) is 6.45. The fraction of sp³-hybridized carbons (Fsp3) is 0.533. The van der Waals surface area contributed by atoms with Crippen molar-refractivity contribution in [2.75, 3.05) is 18.9 Å². The number of H-pyrrole nitrogens is 2. The topological polar surface area (TPSA) is 215 Å². The number of ether oxygens (including phenoxy) is 1. The van der Waals surface area contributed by atoms with Gasteiger partial charge in [0.2, 0.25) is 5.95 Å². The number of hydrogen-bond donors (Lipinski definition) is 6. The van der Waals surface area contributed by atoms with Crippen LogP contribution in [0.1, 0.15) is 25.5 Å². The van der Waals surface area contributed by atoms with Crippen LogP contribution in [0.25, 0.3) is 11.2 Å². The largest absolute Gasteiger partial charge is 0.481 e. The van der Waals surface area contributed by atoms with E-state index in [-0.39, 0.29) is 55.3 Å². The molecular formula is C15H20N6O8. The van der Waals surface area contributed by atoms with Gasteiger partial charge in [-0.25, -0.2) is 9.36 Å². The Morgan fingerprint density at radius 3 is 2.83 bits per heavy atom. The highest BCUT2D eigenvalue weighted by atomic mass is 16.7. The number of hydrogen-bond acceptors (Lipinski definition) is 10. The number of aromatic nitrogens is 4. The van der Waals surface area contributed by atoms with Gasteiger partial charge in [-0.3, -0.25) is 29.2 Å². The number of carboxylic acid groups (broad SMARTS) is 1. The molecule has 0 aliphatic carbocycles. The van der Waals surface area contributed by atoms with Gasteiger partial charge in [-0.15, -0.1) is 0 Å². The molecule has 2 aromatic rings. The standard InChI is InChI=1S/C15H20N6O8/c16-14-19-12-11(13(26)20-14)18-15(27)21(12)9-3-7(23)8(29-9)5-28-17-4-6(22)1-2-10(24)25/h7-9,17,23H,1-5H2,(H,18,27)(H,24,25)(H3,16,19,20,26)/t7-,8+,9+/m0/s1. The first-order valence-electron chi connectivity index (χ1n) is 8.68. The summed E-state index contributed by atoms with van der Waals surface area (Å²) in [5, 5.41) is 18.7. The van der Waals surface area contributed by atoms with Crippen LogP contribution in [0.5, 0.6) is 0 Å². The van der Waals surface area contributed by atoms with E-state index in [2.05, 4.69) is 20.4 Å². The number of aliphatic hydroxyl groups excluding tert-OH is 1. The molecule has 3 atom stereocenters. The lowest BCUT2D eigenvalue weighted by molar-refractivity contribution is -0.139. The Bertz CT molecular complexity index is 1030. The van der Waals surface area contributed by atoms with Crippen molar-refractivity contribution in [2.24, 2.45) is 0 Å². The molecule has 2 aromatic heterocycles. The molecule has 14 nitrogen and oxygen atoms in total. The van der Waals surface area contributed by atoms with Gasteiger partial charge in [0.05, 0.1) is 25.7 Å². The van der Waals surface area contributed by atoms with Gasteiger partial charge in [0.15, 0.2) is 11.2 Å². The molecule has 7 N–H and O–H groups in total. The van der Waals surface area contributed by atoms with E-state index in [9.17, 15) is 24.3 Å². The molecule has 158 valence electrons. The van der Waals surface area contributed by atoms with Crippen LogP contribution < -0.4 is 22.5 Å². The van der Waals surface area contributed by atoms with Crippen molar-refractivity contribution in [3.05, 3.63) is 20.8 Å². The van der Waals surface area contributed by atoms with Gasteiger partial charge in [-0.2, -0.15) is 10.5 Å². The number of aromatic amines is 2. The van der Waals surface area contributed by atoms with Crippen molar-refractivity contribution in [3.8, 4) is 0 Å². The number of imidazole rings is 1. The van der Waals surface area contributed by atoms with E-state index < -0.39 is 35.7 Å². The first-order valence-corrected chi connectivity index (χ1v) is 8.68. The van der Waals surface area contributed by atoms with Crippen molar-refractivity contribution in [2.45, 2.75) is 37.7 Å². The molecular weight excluding hydrogens is 392 g/mol. The molecule has 0 amide bonds. The number of nitrogens with one attached hydrogen (secondary N) is 3. The highest BCUT2D eigenvalue weighted by Crippen LogP contribution is 2.29. The number of aliphatic carboxylic acids is 1. The van der Waals surface area contributed by atoms with Crippen molar-refractivity contribution in [3.63, 3.8) is 0 Å². The predicted octanol–water partition coefficient (Wildman–Crippen LogP) is -2.40. The number of carbonyl (C=O) groups excluding carboxylic acids is 1. The lowest BCUT2D eigenvalue weighted by Gasteiger charge is -2.15. The highest BCUT2D eigenvalue weighted by molar-refractivity contribution is 5.83. The molecule has 3 rings (SSSR count). The summed E-state index contributed by atoms with van der Waals surface area (Å²) in [6, 6.07) is 0. The average Bonchev–Trinajstić information content (AvgIpc) is 3.16. The number of rotatable bonds is 9. The van der Waals surface area contributed by atoms with Gasteiger partial charge >= 0.3 is 11.7 Å². The van der Waals surface area contributed by atoms with E-state index in [0.29, 0.717) is 0 Å². The van der Waals surface area contributed by atoms with E-state index in [0.717, 1.165) is 4.57 Å². The summed E-state index contributed by atoms with van der Waals surface area (Å²) < 4.78 is 6.74. The number of aliphatic hydroxyl groups is 1. The zero-order valence-electron chi connectivity index (χ0n) is 15.1. The Morgan fingerprint density at radius 1 is 1.34 bits per heavy atom. The third-order valence-electron chi connectivity index (χ3n) is 4.33. The third kappa shape index (κ3) is 4.68. The molecule has 1 fully saturated rings. The van der Waals surface area contributed by atoms with E-state index in [1.165, 1.54) is 0 Å².